The molecule has 1 aliphatic rings. The lowest BCUT2D eigenvalue weighted by Crippen LogP contribution is -2.39. The molecule has 0 bridgehead atoms. The summed E-state index contributed by atoms with van der Waals surface area (Å²) < 4.78 is 13.7. The Bertz CT molecular complexity index is 445. The van der Waals surface area contributed by atoms with Gasteiger partial charge in [0.05, 0.1) is 0 Å². The van der Waals surface area contributed by atoms with Crippen molar-refractivity contribution >= 4 is 17.4 Å². The topological polar surface area (TPSA) is 37.3 Å². The summed E-state index contributed by atoms with van der Waals surface area (Å²) in [5, 5.41) is 10.7. The second-order valence-corrected chi connectivity index (χ2v) is 5.65. The summed E-state index contributed by atoms with van der Waals surface area (Å²) in [5.74, 6) is -0.806. The van der Waals surface area contributed by atoms with Gasteiger partial charge in [-0.3, -0.25) is 4.79 Å². The Balaban J connectivity index is 2.16. The average Bonchev–Trinajstić information content (AvgIpc) is 2.60. The van der Waals surface area contributed by atoms with Crippen LogP contribution < -0.4 is 0 Å². The third kappa shape index (κ3) is 3.34. The molecule has 1 aliphatic carbocycles. The summed E-state index contributed by atoms with van der Waals surface area (Å²) in [7, 11) is 0. The molecule has 0 amide bonds. The third-order valence-electron chi connectivity index (χ3n) is 3.85. The number of rotatable bonds is 3. The van der Waals surface area contributed by atoms with Gasteiger partial charge in [0.15, 0.2) is 5.78 Å². The quantitative estimate of drug-likeness (QED) is 0.860. The number of Topliss-reactive ketones (excluding diaryl/α,β-unsaturated/α-hetero) is 1. The first-order valence-electron chi connectivity index (χ1n) is 6.71. The van der Waals surface area contributed by atoms with Crippen LogP contribution >= 0.6 is 11.6 Å². The van der Waals surface area contributed by atoms with Crippen LogP contribution in [0.2, 0.25) is 5.02 Å². The van der Waals surface area contributed by atoms with Gasteiger partial charge in [-0.2, -0.15) is 0 Å². The van der Waals surface area contributed by atoms with Crippen LogP contribution in [0.3, 0.4) is 0 Å². The fourth-order valence-corrected chi connectivity index (χ4v) is 2.85. The standard InChI is InChI=1S/C15H18ClFO2/c16-12-6-5-7-13(17)11(12)10-14(18)15(19)8-3-1-2-4-9-15/h5-7,19H,1-4,8-10H2. The molecule has 0 aliphatic heterocycles. The molecule has 0 saturated heterocycles. The number of carbonyl (C=O) groups is 1. The molecule has 19 heavy (non-hydrogen) atoms. The lowest BCUT2D eigenvalue weighted by atomic mass is 9.86. The van der Waals surface area contributed by atoms with Crippen molar-refractivity contribution in [3.05, 3.63) is 34.6 Å². The van der Waals surface area contributed by atoms with Crippen molar-refractivity contribution in [2.75, 3.05) is 0 Å². The summed E-state index contributed by atoms with van der Waals surface area (Å²) in [6.07, 6.45) is 4.56. The number of ketones is 1. The van der Waals surface area contributed by atoms with Gasteiger partial charge in [0.25, 0.3) is 0 Å². The van der Waals surface area contributed by atoms with Gasteiger partial charge in [-0.15, -0.1) is 0 Å². The van der Waals surface area contributed by atoms with Gasteiger partial charge in [-0.1, -0.05) is 43.4 Å². The van der Waals surface area contributed by atoms with E-state index in [2.05, 4.69) is 0 Å². The number of hydrogen-bond acceptors (Lipinski definition) is 2. The molecule has 2 nitrogen and oxygen atoms in total. The molecule has 104 valence electrons. The Morgan fingerprint density at radius 3 is 2.47 bits per heavy atom. The van der Waals surface area contributed by atoms with Crippen LogP contribution in [0.4, 0.5) is 4.39 Å². The van der Waals surface area contributed by atoms with E-state index in [0.717, 1.165) is 25.7 Å². The summed E-state index contributed by atoms with van der Waals surface area (Å²) in [5.41, 5.74) is -1.12. The first-order chi connectivity index (χ1) is 9.03. The summed E-state index contributed by atoms with van der Waals surface area (Å²) in [6.45, 7) is 0. The smallest absolute Gasteiger partial charge is 0.168 e. The second-order valence-electron chi connectivity index (χ2n) is 5.25. The molecule has 1 N–H and O–H groups in total. The van der Waals surface area contributed by atoms with E-state index in [4.69, 9.17) is 11.6 Å². The number of carbonyl (C=O) groups excluding carboxylic acids is 1. The highest BCUT2D eigenvalue weighted by Gasteiger charge is 2.36. The molecule has 1 saturated carbocycles. The van der Waals surface area contributed by atoms with Gasteiger partial charge in [-0.25, -0.2) is 4.39 Å². The fraction of sp³-hybridized carbons (Fsp3) is 0.533. The highest BCUT2D eigenvalue weighted by atomic mass is 35.5. The normalized spacial score (nSPS) is 18.9. The lowest BCUT2D eigenvalue weighted by Gasteiger charge is -2.25. The van der Waals surface area contributed by atoms with E-state index in [0.29, 0.717) is 12.8 Å². The molecule has 0 spiro atoms. The van der Waals surface area contributed by atoms with Crippen LogP contribution in [0.5, 0.6) is 0 Å². The first kappa shape index (κ1) is 14.5. The van der Waals surface area contributed by atoms with Crippen molar-refractivity contribution in [3.8, 4) is 0 Å². The van der Waals surface area contributed by atoms with Gasteiger partial charge < -0.3 is 5.11 Å². The molecule has 1 fully saturated rings. The zero-order valence-corrected chi connectivity index (χ0v) is 11.5. The minimum Gasteiger partial charge on any atom is -0.382 e. The molecule has 4 heteroatoms. The predicted molar refractivity (Wildman–Crippen MR) is 72.8 cm³/mol. The molecule has 0 radical (unpaired) electrons. The summed E-state index contributed by atoms with van der Waals surface area (Å²) in [6, 6.07) is 4.35. The Labute approximate surface area is 117 Å². The molecule has 0 heterocycles. The Kier molecular flexibility index (Phi) is 4.58. The Morgan fingerprint density at radius 1 is 1.26 bits per heavy atom. The van der Waals surface area contributed by atoms with Crippen LogP contribution in [-0.2, 0) is 11.2 Å². The van der Waals surface area contributed by atoms with E-state index < -0.39 is 11.4 Å². The maximum absolute atomic E-state index is 13.7. The average molecular weight is 285 g/mol. The fourth-order valence-electron chi connectivity index (χ4n) is 2.62. The van der Waals surface area contributed by atoms with Crippen LogP contribution in [0.1, 0.15) is 44.1 Å². The predicted octanol–water partition coefficient (Wildman–Crippen LogP) is 3.68. The molecular weight excluding hydrogens is 267 g/mol. The highest BCUT2D eigenvalue weighted by molar-refractivity contribution is 6.31. The van der Waals surface area contributed by atoms with E-state index in [1.54, 1.807) is 6.07 Å². The van der Waals surface area contributed by atoms with Crippen LogP contribution in [0.15, 0.2) is 18.2 Å². The van der Waals surface area contributed by atoms with Crippen molar-refractivity contribution in [2.45, 2.75) is 50.5 Å². The first-order valence-corrected chi connectivity index (χ1v) is 7.09. The van der Waals surface area contributed by atoms with Crippen molar-refractivity contribution < 1.29 is 14.3 Å². The Morgan fingerprint density at radius 2 is 1.89 bits per heavy atom. The number of aliphatic hydroxyl groups is 1. The van der Waals surface area contributed by atoms with Crippen molar-refractivity contribution in [3.63, 3.8) is 0 Å². The second kappa shape index (κ2) is 6.02. The monoisotopic (exact) mass is 284 g/mol. The largest absolute Gasteiger partial charge is 0.382 e. The maximum atomic E-state index is 13.7. The molecule has 2 rings (SSSR count). The molecule has 1 aromatic carbocycles. The maximum Gasteiger partial charge on any atom is 0.168 e. The molecular formula is C15H18ClFO2. The minimum atomic E-state index is -1.30. The van der Waals surface area contributed by atoms with Crippen molar-refractivity contribution in [1.82, 2.24) is 0 Å². The number of halogens is 2. The SMILES string of the molecule is O=C(Cc1c(F)cccc1Cl)C1(O)CCCCCC1. The van der Waals surface area contributed by atoms with Crippen LogP contribution in [0.25, 0.3) is 0 Å². The van der Waals surface area contributed by atoms with E-state index in [9.17, 15) is 14.3 Å². The zero-order chi connectivity index (χ0) is 13.9. The molecule has 0 aromatic heterocycles. The lowest BCUT2D eigenvalue weighted by molar-refractivity contribution is -0.138. The number of benzene rings is 1. The highest BCUT2D eigenvalue weighted by Crippen LogP contribution is 2.30. The zero-order valence-electron chi connectivity index (χ0n) is 10.8. The van der Waals surface area contributed by atoms with E-state index >= 15 is 0 Å². The van der Waals surface area contributed by atoms with E-state index in [1.807, 2.05) is 0 Å². The molecule has 1 aromatic rings. The number of hydrogen-bond donors (Lipinski definition) is 1. The van der Waals surface area contributed by atoms with Gasteiger partial charge in [0.1, 0.15) is 11.4 Å². The third-order valence-corrected chi connectivity index (χ3v) is 4.20. The van der Waals surface area contributed by atoms with Gasteiger partial charge >= 0.3 is 0 Å². The summed E-state index contributed by atoms with van der Waals surface area (Å²) >= 11 is 5.92. The van der Waals surface area contributed by atoms with Crippen molar-refractivity contribution in [2.24, 2.45) is 0 Å². The van der Waals surface area contributed by atoms with Gasteiger partial charge in [0.2, 0.25) is 0 Å². The minimum absolute atomic E-state index is 0.137. The van der Waals surface area contributed by atoms with Gasteiger partial charge in [0, 0.05) is 17.0 Å². The molecule has 0 atom stereocenters. The Hall–Kier alpha value is -0.930. The van der Waals surface area contributed by atoms with Crippen LogP contribution in [0, 0.1) is 5.82 Å². The summed E-state index contributed by atoms with van der Waals surface area (Å²) in [4.78, 5) is 12.3. The van der Waals surface area contributed by atoms with Crippen LogP contribution in [-0.4, -0.2) is 16.5 Å². The van der Waals surface area contributed by atoms with Crippen molar-refractivity contribution in [1.29, 1.82) is 0 Å². The molecule has 0 unspecified atom stereocenters. The van der Waals surface area contributed by atoms with E-state index in [-0.39, 0.29) is 22.8 Å². The van der Waals surface area contributed by atoms with E-state index in [1.165, 1.54) is 12.1 Å². The van der Waals surface area contributed by atoms with Gasteiger partial charge in [-0.05, 0) is 25.0 Å².